The van der Waals surface area contributed by atoms with Crippen molar-refractivity contribution in [1.29, 1.82) is 5.41 Å². The summed E-state index contributed by atoms with van der Waals surface area (Å²) in [7, 11) is 0. The molecule has 0 saturated carbocycles. The van der Waals surface area contributed by atoms with E-state index in [-0.39, 0.29) is 16.1 Å². The highest BCUT2D eigenvalue weighted by molar-refractivity contribution is 9.09. The average molecular weight is 193 g/mol. The van der Waals surface area contributed by atoms with E-state index in [9.17, 15) is 0 Å². The summed E-state index contributed by atoms with van der Waals surface area (Å²) in [6, 6.07) is 0. The molecule has 3 N–H and O–H groups in total. The summed E-state index contributed by atoms with van der Waals surface area (Å²) in [5.74, 6) is 0.229. The summed E-state index contributed by atoms with van der Waals surface area (Å²) in [6.07, 6.45) is 0. The second-order valence-electron chi connectivity index (χ2n) is 2.75. The lowest BCUT2D eigenvalue weighted by atomic mass is 9.89. The third-order valence-electron chi connectivity index (χ3n) is 1.69. The molecule has 0 fully saturated rings. The maximum absolute atomic E-state index is 7.18. The van der Waals surface area contributed by atoms with Crippen molar-refractivity contribution < 1.29 is 0 Å². The van der Waals surface area contributed by atoms with Gasteiger partial charge in [-0.1, -0.05) is 36.7 Å². The van der Waals surface area contributed by atoms with E-state index in [0.717, 1.165) is 0 Å². The molecule has 0 spiro atoms. The van der Waals surface area contributed by atoms with Gasteiger partial charge in [-0.05, 0) is 0 Å². The predicted octanol–water partition coefficient (Wildman–Crippen LogP) is 1.73. The first-order chi connectivity index (χ1) is 3.89. The van der Waals surface area contributed by atoms with Gasteiger partial charge in [0.2, 0.25) is 0 Å². The first-order valence-corrected chi connectivity index (χ1v) is 3.79. The van der Waals surface area contributed by atoms with Crippen molar-refractivity contribution in [2.24, 2.45) is 11.1 Å². The molecule has 0 aromatic heterocycles. The summed E-state index contributed by atoms with van der Waals surface area (Å²) < 4.78 is 0. The fraction of sp³-hybridized carbons (Fsp3) is 0.833. The molecule has 0 aliphatic rings. The lowest BCUT2D eigenvalue weighted by molar-refractivity contribution is 0.516. The van der Waals surface area contributed by atoms with Crippen LogP contribution < -0.4 is 5.73 Å². The molecule has 54 valence electrons. The van der Waals surface area contributed by atoms with Crippen molar-refractivity contribution in [3.63, 3.8) is 0 Å². The van der Waals surface area contributed by atoms with E-state index in [4.69, 9.17) is 11.1 Å². The minimum atomic E-state index is -0.222. The van der Waals surface area contributed by atoms with Gasteiger partial charge in [-0.15, -0.1) is 0 Å². The zero-order chi connectivity index (χ0) is 7.65. The molecule has 0 aromatic rings. The highest BCUT2D eigenvalue weighted by atomic mass is 79.9. The van der Waals surface area contributed by atoms with E-state index in [1.165, 1.54) is 0 Å². The normalized spacial score (nSPS) is 15.1. The van der Waals surface area contributed by atoms with Crippen LogP contribution in [0.2, 0.25) is 0 Å². The summed E-state index contributed by atoms with van der Waals surface area (Å²) in [5, 5.41) is 7.18. The molecule has 1 atom stereocenters. The number of hydrogen-bond donors (Lipinski definition) is 2. The molecule has 0 aliphatic heterocycles. The quantitative estimate of drug-likeness (QED) is 0.391. The minimum Gasteiger partial charge on any atom is -0.387 e. The van der Waals surface area contributed by atoms with Crippen LogP contribution in [0.25, 0.3) is 0 Å². The van der Waals surface area contributed by atoms with Gasteiger partial charge in [0.1, 0.15) is 0 Å². The molecule has 0 heterocycles. The standard InChI is InChI=1S/C6H13BrN2/c1-4(7)6(2,3)5(8)9/h4H,1-3H3,(H3,8,9). The summed E-state index contributed by atoms with van der Waals surface area (Å²) >= 11 is 3.38. The first-order valence-electron chi connectivity index (χ1n) is 2.87. The summed E-state index contributed by atoms with van der Waals surface area (Å²) in [5.41, 5.74) is 5.10. The largest absolute Gasteiger partial charge is 0.387 e. The molecule has 0 amide bonds. The Hall–Kier alpha value is -0.0500. The average Bonchev–Trinajstić information content (AvgIpc) is 1.65. The Kier molecular flexibility index (Phi) is 2.67. The zero-order valence-corrected chi connectivity index (χ0v) is 7.62. The number of nitrogens with two attached hydrogens (primary N) is 1. The van der Waals surface area contributed by atoms with E-state index in [2.05, 4.69) is 15.9 Å². The third-order valence-corrected chi connectivity index (χ3v) is 2.83. The van der Waals surface area contributed by atoms with Crippen LogP contribution in [0.3, 0.4) is 0 Å². The van der Waals surface area contributed by atoms with E-state index in [0.29, 0.717) is 0 Å². The van der Waals surface area contributed by atoms with E-state index in [1.54, 1.807) is 0 Å². The van der Waals surface area contributed by atoms with E-state index in [1.807, 2.05) is 20.8 Å². The van der Waals surface area contributed by atoms with Gasteiger partial charge in [0, 0.05) is 10.2 Å². The smallest absolute Gasteiger partial charge is 0.0974 e. The Bertz CT molecular complexity index is 118. The molecule has 0 aliphatic carbocycles. The van der Waals surface area contributed by atoms with Crippen molar-refractivity contribution >= 4 is 21.8 Å². The number of alkyl halides is 1. The van der Waals surface area contributed by atoms with Crippen LogP contribution in [0.5, 0.6) is 0 Å². The summed E-state index contributed by atoms with van der Waals surface area (Å²) in [6.45, 7) is 5.87. The third kappa shape index (κ3) is 1.97. The lowest BCUT2D eigenvalue weighted by Crippen LogP contribution is -2.36. The highest BCUT2D eigenvalue weighted by Gasteiger charge is 2.26. The van der Waals surface area contributed by atoms with Crippen molar-refractivity contribution in [2.75, 3.05) is 0 Å². The molecule has 0 aromatic carbocycles. The van der Waals surface area contributed by atoms with Crippen LogP contribution in [0.1, 0.15) is 20.8 Å². The van der Waals surface area contributed by atoms with Crippen molar-refractivity contribution in [3.8, 4) is 0 Å². The molecule has 2 nitrogen and oxygen atoms in total. The van der Waals surface area contributed by atoms with Crippen LogP contribution >= 0.6 is 15.9 Å². The zero-order valence-electron chi connectivity index (χ0n) is 6.03. The summed E-state index contributed by atoms with van der Waals surface area (Å²) in [4.78, 5) is 0.252. The van der Waals surface area contributed by atoms with Crippen LogP contribution in [0, 0.1) is 10.8 Å². The highest BCUT2D eigenvalue weighted by Crippen LogP contribution is 2.25. The first kappa shape index (κ1) is 8.95. The van der Waals surface area contributed by atoms with Crippen molar-refractivity contribution in [3.05, 3.63) is 0 Å². The molecule has 9 heavy (non-hydrogen) atoms. The van der Waals surface area contributed by atoms with Crippen LogP contribution in [-0.2, 0) is 0 Å². The second kappa shape index (κ2) is 2.69. The van der Waals surface area contributed by atoms with Gasteiger partial charge in [-0.25, -0.2) is 0 Å². The van der Waals surface area contributed by atoms with Crippen molar-refractivity contribution in [1.82, 2.24) is 0 Å². The molecule has 3 heteroatoms. The minimum absolute atomic E-state index is 0.222. The van der Waals surface area contributed by atoms with Crippen molar-refractivity contribution in [2.45, 2.75) is 25.6 Å². The van der Waals surface area contributed by atoms with Gasteiger partial charge in [-0.3, -0.25) is 5.41 Å². The topological polar surface area (TPSA) is 49.9 Å². The SMILES string of the molecule is CC(Br)C(C)(C)C(=N)N. The monoisotopic (exact) mass is 192 g/mol. The van der Waals surface area contributed by atoms with Gasteiger partial charge < -0.3 is 5.73 Å². The molecule has 0 radical (unpaired) electrons. The second-order valence-corrected chi connectivity index (χ2v) is 4.12. The molecule has 0 bridgehead atoms. The Morgan fingerprint density at radius 1 is 1.67 bits per heavy atom. The van der Waals surface area contributed by atoms with Gasteiger partial charge in [0.25, 0.3) is 0 Å². The Morgan fingerprint density at radius 2 is 2.00 bits per heavy atom. The van der Waals surface area contributed by atoms with E-state index >= 15 is 0 Å². The van der Waals surface area contributed by atoms with Crippen LogP contribution in [0.4, 0.5) is 0 Å². The van der Waals surface area contributed by atoms with Gasteiger partial charge in [0.15, 0.2) is 0 Å². The molecular formula is C6H13BrN2. The van der Waals surface area contributed by atoms with Crippen LogP contribution in [-0.4, -0.2) is 10.7 Å². The lowest BCUT2D eigenvalue weighted by Gasteiger charge is -2.25. The Morgan fingerprint density at radius 3 is 2.00 bits per heavy atom. The fourth-order valence-corrected chi connectivity index (χ4v) is 0.461. The number of hydrogen-bond acceptors (Lipinski definition) is 1. The number of halogens is 1. The molecular weight excluding hydrogens is 180 g/mol. The Balaban J connectivity index is 4.19. The van der Waals surface area contributed by atoms with Gasteiger partial charge in [0.05, 0.1) is 5.84 Å². The molecule has 1 unspecified atom stereocenters. The van der Waals surface area contributed by atoms with Gasteiger partial charge in [-0.2, -0.15) is 0 Å². The predicted molar refractivity (Wildman–Crippen MR) is 44.1 cm³/mol. The number of amidine groups is 1. The Labute approximate surface area is 64.5 Å². The van der Waals surface area contributed by atoms with Gasteiger partial charge >= 0.3 is 0 Å². The molecule has 0 saturated heterocycles. The maximum Gasteiger partial charge on any atom is 0.0974 e. The number of nitrogens with one attached hydrogen (secondary N) is 1. The number of rotatable bonds is 2. The molecule has 0 rings (SSSR count). The van der Waals surface area contributed by atoms with Crippen LogP contribution in [0.15, 0.2) is 0 Å². The maximum atomic E-state index is 7.18. The fourth-order valence-electron chi connectivity index (χ4n) is 0.214. The van der Waals surface area contributed by atoms with E-state index < -0.39 is 0 Å².